The number of piperazine rings is 1. The van der Waals surface area contributed by atoms with Gasteiger partial charge in [0.05, 0.1) is 29.4 Å². The number of nitro groups is 1. The summed E-state index contributed by atoms with van der Waals surface area (Å²) in [5.74, 6) is 0.435. The number of benzene rings is 4. The van der Waals surface area contributed by atoms with Gasteiger partial charge in [0, 0.05) is 87.3 Å². The predicted octanol–water partition coefficient (Wildman–Crippen LogP) is 9.90. The van der Waals surface area contributed by atoms with Crippen molar-refractivity contribution in [3.05, 3.63) is 130 Å². The molecular formula is C58H68N8O10S. The molecule has 3 aliphatic heterocycles. The van der Waals surface area contributed by atoms with E-state index in [-0.39, 0.29) is 52.7 Å². The number of carbonyl (C=O) groups excluding carboxylic acids is 1. The molecule has 5 heterocycles. The summed E-state index contributed by atoms with van der Waals surface area (Å²) in [5.41, 5.74) is 4.39. The third-order valence-corrected chi connectivity index (χ3v) is 18.2. The van der Waals surface area contributed by atoms with Crippen LogP contribution in [0, 0.1) is 21.4 Å². The van der Waals surface area contributed by atoms with Crippen molar-refractivity contribution < 1.29 is 42.2 Å². The Balaban J connectivity index is 0.801. The summed E-state index contributed by atoms with van der Waals surface area (Å²) in [6.45, 7) is 11.7. The lowest BCUT2D eigenvalue weighted by atomic mass is 9.59. The van der Waals surface area contributed by atoms with Crippen molar-refractivity contribution in [1.29, 1.82) is 0 Å². The minimum atomic E-state index is -4.82. The fraction of sp³-hybridized carbons (Fsp3) is 0.448. The van der Waals surface area contributed by atoms with Gasteiger partial charge in [-0.1, -0.05) is 50.2 Å². The minimum Gasteiger partial charge on any atom is -0.497 e. The number of ether oxygens (including phenoxy) is 4. The molecule has 6 aromatic rings. The van der Waals surface area contributed by atoms with Gasteiger partial charge in [-0.2, -0.15) is 0 Å². The number of rotatable bonds is 16. The van der Waals surface area contributed by atoms with E-state index in [0.717, 1.165) is 87.8 Å². The van der Waals surface area contributed by atoms with E-state index < -0.39 is 37.0 Å². The second kappa shape index (κ2) is 21.1. The van der Waals surface area contributed by atoms with E-state index in [9.17, 15) is 28.4 Å². The molecule has 2 saturated carbocycles. The molecule has 4 aromatic carbocycles. The quantitative estimate of drug-likeness (QED) is 0.0524. The average Bonchev–Trinajstić information content (AvgIpc) is 4.20. The lowest BCUT2D eigenvalue weighted by Gasteiger charge is -2.58. The normalized spacial score (nSPS) is 21.8. The molecule has 4 fully saturated rings. The van der Waals surface area contributed by atoms with Crippen molar-refractivity contribution in [2.24, 2.45) is 11.3 Å². The van der Waals surface area contributed by atoms with Crippen molar-refractivity contribution in [2.45, 2.75) is 107 Å². The molecule has 1 atom stereocenters. The topological polar surface area (TPSA) is 214 Å². The van der Waals surface area contributed by atoms with Crippen LogP contribution in [0.3, 0.4) is 0 Å². The zero-order chi connectivity index (χ0) is 53.6. The van der Waals surface area contributed by atoms with Crippen molar-refractivity contribution >= 4 is 44.0 Å². The van der Waals surface area contributed by atoms with Crippen molar-refractivity contribution in [3.8, 4) is 28.7 Å². The number of sulfonamides is 1. The van der Waals surface area contributed by atoms with E-state index in [1.807, 2.05) is 18.2 Å². The van der Waals surface area contributed by atoms with E-state index >= 15 is 0 Å². The van der Waals surface area contributed by atoms with Gasteiger partial charge in [-0.3, -0.25) is 24.7 Å². The number of carbonyl (C=O) groups is 1. The van der Waals surface area contributed by atoms with Gasteiger partial charge in [0.2, 0.25) is 6.79 Å². The van der Waals surface area contributed by atoms with Crippen LogP contribution in [-0.2, 0) is 16.6 Å². The number of piperidine rings is 1. The molecule has 406 valence electrons. The summed E-state index contributed by atoms with van der Waals surface area (Å²) >= 11 is 0. The molecule has 77 heavy (non-hydrogen) atoms. The number of aliphatic hydroxyl groups is 1. The summed E-state index contributed by atoms with van der Waals surface area (Å²) in [6.07, 6.45) is 10.1. The lowest BCUT2D eigenvalue weighted by Crippen LogP contribution is -2.60. The van der Waals surface area contributed by atoms with Crippen LogP contribution < -0.4 is 33.9 Å². The number of aromatic nitrogens is 2. The van der Waals surface area contributed by atoms with Gasteiger partial charge in [0.15, 0.2) is 17.2 Å². The van der Waals surface area contributed by atoms with E-state index in [0.29, 0.717) is 55.6 Å². The molecule has 1 unspecified atom stereocenters. The second-order valence-corrected chi connectivity index (χ2v) is 24.0. The highest BCUT2D eigenvalue weighted by Crippen LogP contribution is 2.54. The maximum Gasteiger partial charge on any atom is 0.297 e. The number of hydrogen-bond acceptors (Lipinski definition) is 15. The van der Waals surface area contributed by atoms with Crippen LogP contribution in [0.5, 0.6) is 28.7 Å². The van der Waals surface area contributed by atoms with Crippen molar-refractivity contribution in [3.63, 3.8) is 0 Å². The second-order valence-electron chi connectivity index (χ2n) is 22.4. The fourth-order valence-electron chi connectivity index (χ4n) is 12.5. The Kier molecular flexibility index (Phi) is 14.3. The summed E-state index contributed by atoms with van der Waals surface area (Å²) in [5, 5.41) is 26.9. The van der Waals surface area contributed by atoms with Gasteiger partial charge >= 0.3 is 0 Å². The molecule has 5 aliphatic rings. The number of methoxy groups -OCH3 is 1. The molecular weight excluding hydrogens is 1000 g/mol. The molecule has 18 nitrogen and oxygen atoms in total. The van der Waals surface area contributed by atoms with Gasteiger partial charge < -0.3 is 39.3 Å². The Hall–Kier alpha value is -6.93. The number of amides is 1. The van der Waals surface area contributed by atoms with Crippen LogP contribution in [0.2, 0.25) is 0 Å². The number of pyridine rings is 1. The predicted molar refractivity (Wildman–Crippen MR) is 293 cm³/mol. The Morgan fingerprint density at radius 1 is 0.948 bits per heavy atom. The molecule has 1 spiro atoms. The molecule has 19 heteroatoms. The number of H-pyrrole nitrogens is 1. The number of hydrogen-bond donors (Lipinski definition) is 4. The summed E-state index contributed by atoms with van der Waals surface area (Å²) in [7, 11) is -3.12. The molecule has 2 aromatic heterocycles. The SMILES string of the molecule is COc1ccc(CN2CCN(C3CC4(CCN(c5ccc(C(=O)NS(=O)(=O)c6cc([N+](=O)[O-])c(NCC7CCC(C)(O)CC7)c7c6OCO7)c(Oc6cnc7[nH]ccc7c6)c5)CC4)C3)C(c3ccccc3C(C)C)C2)cc1. The third kappa shape index (κ3) is 10.9. The number of nitrogens with zero attached hydrogens (tertiary/aromatic N) is 5. The first-order chi connectivity index (χ1) is 37.0. The minimum absolute atomic E-state index is 0.0161. The van der Waals surface area contributed by atoms with Gasteiger partial charge in [-0.15, -0.1) is 0 Å². The number of fused-ring (bicyclic) bond motifs is 2. The molecule has 0 bridgehead atoms. The zero-order valence-corrected chi connectivity index (χ0v) is 44.9. The van der Waals surface area contributed by atoms with Crippen molar-refractivity contribution in [2.75, 3.05) is 63.4 Å². The Labute approximate surface area is 449 Å². The van der Waals surface area contributed by atoms with Crippen LogP contribution in [0.15, 0.2) is 102 Å². The first kappa shape index (κ1) is 52.1. The standard InChI is InChI=1S/C58H68N8O10S/c1-37(2)45-7-5-6-8-46(45)49-35-63(34-39-9-12-43(73-4)13-10-39)25-26-65(49)42-30-58(31-42)20-23-64(24-21-58)41-11-14-47(50(28-41)76-44-27-40-17-22-59-55(40)61-33-44)56(67)62-77(71,72)51-29-48(66(69)70)52(54-53(51)74-36-75-54)60-32-38-15-18-57(3,68)19-16-38/h5-14,17,22,27-29,33,37-38,42,49,60,68H,15-16,18-21,23-26,30-32,34-36H2,1-4H3,(H,59,61)(H,62,67). The van der Waals surface area contributed by atoms with E-state index in [1.165, 1.54) is 22.9 Å². The first-order valence-electron chi connectivity index (χ1n) is 26.9. The number of nitro benzene ring substituents is 1. The molecule has 4 N–H and O–H groups in total. The van der Waals surface area contributed by atoms with Crippen molar-refractivity contribution in [1.82, 2.24) is 24.5 Å². The highest BCUT2D eigenvalue weighted by atomic mass is 32.2. The van der Waals surface area contributed by atoms with Gasteiger partial charge in [-0.05, 0) is 129 Å². The summed E-state index contributed by atoms with van der Waals surface area (Å²) in [6, 6.07) is 27.8. The zero-order valence-electron chi connectivity index (χ0n) is 44.1. The monoisotopic (exact) mass is 1070 g/mol. The maximum atomic E-state index is 14.3. The molecule has 0 radical (unpaired) electrons. The van der Waals surface area contributed by atoms with Gasteiger partial charge in [0.25, 0.3) is 21.6 Å². The Morgan fingerprint density at radius 3 is 2.44 bits per heavy atom. The fourth-order valence-corrected chi connectivity index (χ4v) is 13.6. The number of nitrogens with one attached hydrogen (secondary N) is 3. The summed E-state index contributed by atoms with van der Waals surface area (Å²) < 4.78 is 53.9. The van der Waals surface area contributed by atoms with E-state index in [1.54, 1.807) is 44.5 Å². The maximum absolute atomic E-state index is 14.3. The Morgan fingerprint density at radius 2 is 1.70 bits per heavy atom. The third-order valence-electron chi connectivity index (χ3n) is 16.9. The highest BCUT2D eigenvalue weighted by molar-refractivity contribution is 7.90. The van der Waals surface area contributed by atoms with Crippen LogP contribution >= 0.6 is 0 Å². The molecule has 1 amide bonds. The lowest BCUT2D eigenvalue weighted by molar-refractivity contribution is -0.384. The molecule has 2 aliphatic carbocycles. The van der Waals surface area contributed by atoms with E-state index in [2.05, 4.69) is 85.0 Å². The van der Waals surface area contributed by atoms with E-state index in [4.69, 9.17) is 18.9 Å². The largest absolute Gasteiger partial charge is 0.497 e. The van der Waals surface area contributed by atoms with Crippen LogP contribution in [0.1, 0.15) is 111 Å². The number of aromatic amines is 1. The van der Waals surface area contributed by atoms with Crippen LogP contribution in [-0.4, -0.2) is 109 Å². The van der Waals surface area contributed by atoms with Crippen LogP contribution in [0.4, 0.5) is 17.1 Å². The number of anilines is 2. The molecule has 11 rings (SSSR count). The summed E-state index contributed by atoms with van der Waals surface area (Å²) in [4.78, 5) is 40.8. The first-order valence-corrected chi connectivity index (χ1v) is 28.4. The van der Waals surface area contributed by atoms with Gasteiger partial charge in [-0.25, -0.2) is 18.1 Å². The van der Waals surface area contributed by atoms with Gasteiger partial charge in [0.1, 0.15) is 27.8 Å². The highest BCUT2D eigenvalue weighted by Gasteiger charge is 2.50. The smallest absolute Gasteiger partial charge is 0.297 e. The Bertz CT molecular complexity index is 3270. The average molecular weight is 1070 g/mol. The van der Waals surface area contributed by atoms with Crippen LogP contribution in [0.25, 0.3) is 11.0 Å². The molecule has 2 saturated heterocycles.